The summed E-state index contributed by atoms with van der Waals surface area (Å²) in [4.78, 5) is 27.7. The van der Waals surface area contributed by atoms with Gasteiger partial charge in [-0.25, -0.2) is 4.90 Å². The fraction of sp³-hybridized carbons (Fsp3) is 0.273. The van der Waals surface area contributed by atoms with Gasteiger partial charge in [0.1, 0.15) is 5.75 Å². The van der Waals surface area contributed by atoms with Crippen molar-refractivity contribution in [2.45, 2.75) is 13.8 Å². The summed E-state index contributed by atoms with van der Waals surface area (Å²) in [6.45, 7) is 4.64. The van der Waals surface area contributed by atoms with Crippen LogP contribution < -0.4 is 9.64 Å². The third-order valence-corrected chi connectivity index (χ3v) is 5.50. The zero-order valence-corrected chi connectivity index (χ0v) is 17.8. The molecule has 2 aromatic carbocycles. The van der Waals surface area contributed by atoms with Crippen molar-refractivity contribution in [2.24, 2.45) is 5.92 Å². The number of carbonyl (C=O) groups excluding carboxylic acids is 2. The quantitative estimate of drug-likeness (QED) is 0.628. The Morgan fingerprint density at radius 2 is 1.69 bits per heavy atom. The van der Waals surface area contributed by atoms with Crippen molar-refractivity contribution in [3.63, 3.8) is 0 Å². The Morgan fingerprint density at radius 3 is 2.28 bits per heavy atom. The molecule has 0 saturated heterocycles. The van der Waals surface area contributed by atoms with E-state index in [1.807, 2.05) is 0 Å². The molecule has 1 aliphatic heterocycles. The van der Waals surface area contributed by atoms with Crippen LogP contribution >= 0.6 is 23.4 Å². The molecule has 1 aliphatic rings. The van der Waals surface area contributed by atoms with Gasteiger partial charge in [0, 0.05) is 10.8 Å². The highest BCUT2D eigenvalue weighted by molar-refractivity contribution is 8.04. The van der Waals surface area contributed by atoms with E-state index in [0.29, 0.717) is 50.8 Å². The molecule has 7 heteroatoms. The van der Waals surface area contributed by atoms with Crippen LogP contribution in [0.3, 0.4) is 0 Å². The highest BCUT2D eigenvalue weighted by atomic mass is 35.5. The molecule has 0 spiro atoms. The van der Waals surface area contributed by atoms with E-state index in [4.69, 9.17) is 16.3 Å². The minimum absolute atomic E-state index is 0.0914. The van der Waals surface area contributed by atoms with Crippen molar-refractivity contribution < 1.29 is 19.4 Å². The zero-order valence-electron chi connectivity index (χ0n) is 16.2. The third-order valence-electron chi connectivity index (χ3n) is 4.19. The van der Waals surface area contributed by atoms with Crippen LogP contribution in [0.25, 0.3) is 5.57 Å². The van der Waals surface area contributed by atoms with Crippen LogP contribution in [-0.2, 0) is 9.59 Å². The van der Waals surface area contributed by atoms with Gasteiger partial charge in [0.15, 0.2) is 0 Å². The number of hydrogen-bond acceptors (Lipinski definition) is 5. The predicted molar refractivity (Wildman–Crippen MR) is 117 cm³/mol. The van der Waals surface area contributed by atoms with Crippen molar-refractivity contribution in [1.82, 2.24) is 0 Å². The number of halogens is 1. The van der Waals surface area contributed by atoms with Crippen LogP contribution in [0.15, 0.2) is 53.4 Å². The first-order chi connectivity index (χ1) is 13.9. The number of imide groups is 1. The van der Waals surface area contributed by atoms with E-state index in [2.05, 4.69) is 13.8 Å². The van der Waals surface area contributed by atoms with Crippen molar-refractivity contribution in [3.8, 4) is 5.75 Å². The SMILES string of the molecule is CC(C)COc1ccc(C2=C(SCCO)C(=O)N(c3ccc(Cl)cc3)C2=O)cc1. The number of aliphatic hydroxyl groups excluding tert-OH is 1. The monoisotopic (exact) mass is 431 g/mol. The van der Waals surface area contributed by atoms with Gasteiger partial charge in [0.2, 0.25) is 0 Å². The summed E-state index contributed by atoms with van der Waals surface area (Å²) in [7, 11) is 0. The number of nitrogens with zero attached hydrogens (tertiary/aromatic N) is 1. The van der Waals surface area contributed by atoms with Crippen molar-refractivity contribution in [1.29, 1.82) is 0 Å². The lowest BCUT2D eigenvalue weighted by atomic mass is 10.1. The van der Waals surface area contributed by atoms with E-state index >= 15 is 0 Å². The molecule has 2 amide bonds. The molecule has 152 valence electrons. The average molecular weight is 432 g/mol. The van der Waals surface area contributed by atoms with Gasteiger partial charge in [0.05, 0.1) is 29.4 Å². The summed E-state index contributed by atoms with van der Waals surface area (Å²) in [5, 5.41) is 9.73. The highest BCUT2D eigenvalue weighted by Crippen LogP contribution is 2.38. The molecule has 1 N–H and O–H groups in total. The number of benzene rings is 2. The molecule has 0 saturated carbocycles. The Bertz CT molecular complexity index is 923. The summed E-state index contributed by atoms with van der Waals surface area (Å²) in [6.07, 6.45) is 0. The summed E-state index contributed by atoms with van der Waals surface area (Å²) in [6, 6.07) is 13.7. The third kappa shape index (κ3) is 4.83. The van der Waals surface area contributed by atoms with Crippen LogP contribution in [0.1, 0.15) is 19.4 Å². The van der Waals surface area contributed by atoms with E-state index in [0.717, 1.165) is 4.90 Å². The first kappa shape index (κ1) is 21.4. The predicted octanol–water partition coefficient (Wildman–Crippen LogP) is 4.38. The van der Waals surface area contributed by atoms with Crippen LogP contribution in [0, 0.1) is 5.92 Å². The molecule has 0 aromatic heterocycles. The second-order valence-corrected chi connectivity index (χ2v) is 8.47. The maximum absolute atomic E-state index is 13.2. The Kier molecular flexibility index (Phi) is 7.00. The minimum Gasteiger partial charge on any atom is -0.493 e. The Balaban J connectivity index is 1.94. The molecule has 0 radical (unpaired) electrons. The normalized spacial score (nSPS) is 14.3. The summed E-state index contributed by atoms with van der Waals surface area (Å²) in [5.74, 6) is 0.640. The molecule has 0 atom stereocenters. The molecule has 1 heterocycles. The average Bonchev–Trinajstić information content (AvgIpc) is 2.95. The second kappa shape index (κ2) is 9.48. The lowest BCUT2D eigenvalue weighted by Gasteiger charge is -2.15. The number of ether oxygens (including phenoxy) is 1. The fourth-order valence-corrected chi connectivity index (χ4v) is 3.84. The summed E-state index contributed by atoms with van der Waals surface area (Å²) in [5.41, 5.74) is 1.43. The van der Waals surface area contributed by atoms with E-state index in [-0.39, 0.29) is 6.61 Å². The molecule has 0 aliphatic carbocycles. The number of anilines is 1. The van der Waals surface area contributed by atoms with Gasteiger partial charge < -0.3 is 9.84 Å². The smallest absolute Gasteiger partial charge is 0.272 e. The summed E-state index contributed by atoms with van der Waals surface area (Å²) >= 11 is 7.11. The van der Waals surface area contributed by atoms with Gasteiger partial charge in [-0.15, -0.1) is 11.8 Å². The number of amides is 2. The van der Waals surface area contributed by atoms with Gasteiger partial charge in [-0.3, -0.25) is 9.59 Å². The van der Waals surface area contributed by atoms with Gasteiger partial charge in [-0.05, 0) is 47.9 Å². The Morgan fingerprint density at radius 1 is 1.03 bits per heavy atom. The van der Waals surface area contributed by atoms with Crippen molar-refractivity contribution in [2.75, 3.05) is 23.9 Å². The number of rotatable bonds is 8. The van der Waals surface area contributed by atoms with E-state index in [9.17, 15) is 14.7 Å². The molecule has 0 bridgehead atoms. The maximum Gasteiger partial charge on any atom is 0.272 e. The van der Waals surface area contributed by atoms with Crippen LogP contribution in [0.2, 0.25) is 5.02 Å². The Labute approximate surface area is 179 Å². The fourth-order valence-electron chi connectivity index (χ4n) is 2.85. The second-order valence-electron chi connectivity index (χ2n) is 6.93. The Hall–Kier alpha value is -2.28. The maximum atomic E-state index is 13.2. The van der Waals surface area contributed by atoms with Gasteiger partial charge in [-0.2, -0.15) is 0 Å². The minimum atomic E-state index is -0.397. The van der Waals surface area contributed by atoms with E-state index in [1.165, 1.54) is 11.8 Å². The lowest BCUT2D eigenvalue weighted by molar-refractivity contribution is -0.119. The van der Waals surface area contributed by atoms with Gasteiger partial charge in [-0.1, -0.05) is 37.6 Å². The number of aliphatic hydroxyl groups is 1. The molecule has 0 unspecified atom stereocenters. The van der Waals surface area contributed by atoms with Crippen LogP contribution in [0.4, 0.5) is 5.69 Å². The molecule has 29 heavy (non-hydrogen) atoms. The molecule has 3 rings (SSSR count). The number of thioether (sulfide) groups is 1. The van der Waals surface area contributed by atoms with E-state index < -0.39 is 11.8 Å². The van der Waals surface area contributed by atoms with Crippen LogP contribution in [0.5, 0.6) is 5.75 Å². The first-order valence-corrected chi connectivity index (χ1v) is 10.6. The molecule has 5 nitrogen and oxygen atoms in total. The largest absolute Gasteiger partial charge is 0.493 e. The number of carbonyl (C=O) groups is 2. The summed E-state index contributed by atoms with van der Waals surface area (Å²) < 4.78 is 5.70. The lowest BCUT2D eigenvalue weighted by Crippen LogP contribution is -2.31. The zero-order chi connectivity index (χ0) is 21.0. The molecule has 0 fully saturated rings. The van der Waals surface area contributed by atoms with E-state index in [1.54, 1.807) is 48.5 Å². The number of hydrogen-bond donors (Lipinski definition) is 1. The van der Waals surface area contributed by atoms with Crippen molar-refractivity contribution in [3.05, 3.63) is 64.0 Å². The first-order valence-electron chi connectivity index (χ1n) is 9.28. The molecular formula is C22H22ClNO4S. The highest BCUT2D eigenvalue weighted by Gasteiger charge is 2.40. The van der Waals surface area contributed by atoms with Crippen LogP contribution in [-0.4, -0.2) is 35.9 Å². The standard InChI is InChI=1S/C22H22ClNO4S/c1-14(2)13-28-18-9-3-15(4-10-18)19-20(29-12-11-25)22(27)24(21(19)26)17-7-5-16(23)6-8-17/h3-10,14,25H,11-13H2,1-2H3. The van der Waals surface area contributed by atoms with Crippen molar-refractivity contribution >= 4 is 46.4 Å². The topological polar surface area (TPSA) is 66.8 Å². The molecular weight excluding hydrogens is 410 g/mol. The van der Waals surface area contributed by atoms with Gasteiger partial charge >= 0.3 is 0 Å². The van der Waals surface area contributed by atoms with Gasteiger partial charge in [0.25, 0.3) is 11.8 Å². The molecule has 2 aromatic rings.